The lowest BCUT2D eigenvalue weighted by Crippen LogP contribution is -2.50. The summed E-state index contributed by atoms with van der Waals surface area (Å²) in [7, 11) is -1.31. The van der Waals surface area contributed by atoms with Gasteiger partial charge in [0.1, 0.15) is 36.6 Å². The van der Waals surface area contributed by atoms with Gasteiger partial charge in [-0.1, -0.05) is 121 Å². The third kappa shape index (κ3) is 14.7. The van der Waals surface area contributed by atoms with E-state index in [-0.39, 0.29) is 43.6 Å². The number of likely N-dealkylation sites (tertiary alicyclic amines) is 1. The Morgan fingerprint density at radius 3 is 1.51 bits per heavy atom. The molecule has 0 bridgehead atoms. The average Bonchev–Trinajstić information content (AvgIpc) is 0.876. The van der Waals surface area contributed by atoms with E-state index in [1.807, 2.05) is 88.4 Å². The summed E-state index contributed by atoms with van der Waals surface area (Å²) in [6.45, 7) is 20.6. The number of carbonyl (C=O) groups excluding carboxylic acids is 3. The zero-order chi connectivity index (χ0) is 64.0. The van der Waals surface area contributed by atoms with Gasteiger partial charge in [-0.05, 0) is 112 Å². The number of piperazine rings is 2. The quantitative estimate of drug-likeness (QED) is 0.0832. The molecule has 7 heterocycles. The van der Waals surface area contributed by atoms with Crippen molar-refractivity contribution in [2.75, 3.05) is 97.8 Å². The second kappa shape index (κ2) is 27.8. The van der Waals surface area contributed by atoms with Crippen LogP contribution in [0.5, 0.6) is 6.01 Å². The van der Waals surface area contributed by atoms with E-state index < -0.39 is 16.4 Å². The van der Waals surface area contributed by atoms with Crippen LogP contribution in [-0.2, 0) is 64.2 Å². The Balaban J connectivity index is 0.000000183. The molecule has 2 aromatic heterocycles. The topological polar surface area (TPSA) is 179 Å². The second-order valence-electron chi connectivity index (χ2n) is 25.6. The molecule has 5 aliphatic heterocycles. The Kier molecular flexibility index (Phi) is 19.1. The lowest BCUT2D eigenvalue weighted by Gasteiger charge is -2.38. The number of nitrogens with zero attached hydrogens (tertiary/aromatic N) is 11. The van der Waals surface area contributed by atoms with Gasteiger partial charge in [-0.25, -0.2) is 24.4 Å². The maximum Gasteiger partial charge on any atom is 0.410 e. The summed E-state index contributed by atoms with van der Waals surface area (Å²) in [4.78, 5) is 73.0. The van der Waals surface area contributed by atoms with Crippen molar-refractivity contribution < 1.29 is 37.5 Å². The van der Waals surface area contributed by atoms with Crippen LogP contribution in [0.2, 0.25) is 0 Å². The number of carbonyl (C=O) groups is 3. The van der Waals surface area contributed by atoms with E-state index in [1.54, 1.807) is 21.0 Å². The Morgan fingerprint density at radius 1 is 0.554 bits per heavy atom. The van der Waals surface area contributed by atoms with E-state index in [0.29, 0.717) is 83.2 Å². The van der Waals surface area contributed by atoms with Crippen LogP contribution in [0.1, 0.15) is 85.3 Å². The van der Waals surface area contributed by atoms with E-state index in [1.165, 1.54) is 44.0 Å². The molecule has 13 rings (SSSR count). The Labute approximate surface area is 541 Å². The smallest absolute Gasteiger partial charge is 0.410 e. The van der Waals surface area contributed by atoms with Gasteiger partial charge in [-0.2, -0.15) is 9.97 Å². The highest BCUT2D eigenvalue weighted by Crippen LogP contribution is 2.38. The largest absolute Gasteiger partial charge is 0.458 e. The van der Waals surface area contributed by atoms with Crippen LogP contribution in [0, 0.1) is 13.8 Å². The average molecular weight is 1260 g/mol. The molecule has 1 unspecified atom stereocenters. The minimum Gasteiger partial charge on any atom is -0.458 e. The molecular formula is C72H83N11O8S. The van der Waals surface area contributed by atoms with Crippen molar-refractivity contribution in [3.8, 4) is 6.01 Å². The molecule has 0 spiro atoms. The standard InChI is InChI=1S/C41H50N6O5.C31H33N5O3S/c1-28-24-31-14-9-10-15-32(31)36(25-28)46-19-17-33-34(26-46)42-38(51-29(2)35-16-11-18-47(35)40(49)52-41(3,4)5)43-37(33)44-20-22-45(23-21-44)39(48)50-27-30-12-7-6-8-13-30;1-22-18-24-10-6-7-11-25(24)28(19-22)36-13-12-26-27(20-36)32-30(40(2)38)33-29(26)34-14-16-35(17-15-34)31(37)39-21-23-8-4-3-5-9-23/h6-10,12-15,24-25,29,35H,11,16-23,26-27H2,1-5H3;3-11,18-19H,12-17,20-21H2,1-2H3/t29-,35-;/m1./s1. The number of ether oxygens (including phenoxy) is 4. The lowest BCUT2D eigenvalue weighted by atomic mass is 10.0. The molecule has 20 heteroatoms. The van der Waals surface area contributed by atoms with Gasteiger partial charge >= 0.3 is 24.3 Å². The summed E-state index contributed by atoms with van der Waals surface area (Å²) in [5.74, 6) is 1.70. The molecule has 3 saturated heterocycles. The molecule has 8 aromatic rings. The summed E-state index contributed by atoms with van der Waals surface area (Å²) in [6, 6.07) is 45.5. The molecule has 5 aliphatic rings. The number of hydrogen-bond donors (Lipinski definition) is 0. The van der Waals surface area contributed by atoms with Gasteiger partial charge in [-0.15, -0.1) is 0 Å². The highest BCUT2D eigenvalue weighted by Gasteiger charge is 2.38. The van der Waals surface area contributed by atoms with Crippen molar-refractivity contribution in [3.63, 3.8) is 0 Å². The minimum atomic E-state index is -1.31. The molecule has 0 aliphatic carbocycles. The van der Waals surface area contributed by atoms with Crippen LogP contribution in [0.3, 0.4) is 0 Å². The fourth-order valence-corrected chi connectivity index (χ4v) is 13.6. The summed E-state index contributed by atoms with van der Waals surface area (Å²) >= 11 is 0. The lowest BCUT2D eigenvalue weighted by molar-refractivity contribution is 0.0102. The van der Waals surface area contributed by atoms with E-state index in [2.05, 4.69) is 106 Å². The van der Waals surface area contributed by atoms with Crippen molar-refractivity contribution in [3.05, 3.63) is 178 Å². The molecule has 3 amide bonds. The third-order valence-electron chi connectivity index (χ3n) is 17.8. The Morgan fingerprint density at radius 2 is 1.02 bits per heavy atom. The molecule has 3 atom stereocenters. The molecule has 0 saturated carbocycles. The number of aromatic nitrogens is 4. The van der Waals surface area contributed by atoms with Gasteiger partial charge < -0.3 is 53.2 Å². The summed E-state index contributed by atoms with van der Waals surface area (Å²) in [5.41, 5.74) is 10.3. The fourth-order valence-electron chi connectivity index (χ4n) is 13.2. The van der Waals surface area contributed by atoms with Crippen LogP contribution in [0.4, 0.5) is 37.4 Å². The van der Waals surface area contributed by atoms with Crippen LogP contribution in [-0.4, -0.2) is 153 Å². The van der Waals surface area contributed by atoms with E-state index >= 15 is 0 Å². The van der Waals surface area contributed by atoms with E-state index in [0.717, 1.165) is 84.1 Å². The zero-order valence-corrected chi connectivity index (χ0v) is 54.7. The van der Waals surface area contributed by atoms with Crippen molar-refractivity contribution in [1.82, 2.24) is 34.6 Å². The molecule has 19 nitrogen and oxygen atoms in total. The van der Waals surface area contributed by atoms with Crippen molar-refractivity contribution >= 4 is 73.6 Å². The second-order valence-corrected chi connectivity index (χ2v) is 26.8. The number of anilines is 4. The van der Waals surface area contributed by atoms with Gasteiger partial charge in [0.15, 0.2) is 0 Å². The van der Waals surface area contributed by atoms with E-state index in [9.17, 15) is 18.6 Å². The summed E-state index contributed by atoms with van der Waals surface area (Å²) < 4.78 is 36.0. The number of rotatable bonds is 12. The normalized spacial score (nSPS) is 17.3. The number of hydrogen-bond acceptors (Lipinski definition) is 16. The highest BCUT2D eigenvalue weighted by molar-refractivity contribution is 7.84. The van der Waals surface area contributed by atoms with Crippen molar-refractivity contribution in [1.29, 1.82) is 0 Å². The maximum absolute atomic E-state index is 13.1. The molecule has 92 heavy (non-hydrogen) atoms. The van der Waals surface area contributed by atoms with E-state index in [4.69, 9.17) is 38.9 Å². The van der Waals surface area contributed by atoms with Crippen molar-refractivity contribution in [2.45, 2.75) is 116 Å². The number of benzene rings is 6. The first-order valence-corrected chi connectivity index (χ1v) is 33.7. The van der Waals surface area contributed by atoms with Crippen LogP contribution in [0.25, 0.3) is 21.5 Å². The summed E-state index contributed by atoms with van der Waals surface area (Å²) in [5, 5.41) is 5.24. The molecular weight excluding hydrogens is 1180 g/mol. The van der Waals surface area contributed by atoms with Crippen molar-refractivity contribution in [2.24, 2.45) is 0 Å². The first-order valence-electron chi connectivity index (χ1n) is 32.2. The van der Waals surface area contributed by atoms with Gasteiger partial charge in [0, 0.05) is 112 Å². The first-order chi connectivity index (χ1) is 44.5. The molecule has 480 valence electrons. The van der Waals surface area contributed by atoms with Gasteiger partial charge in [0.25, 0.3) is 0 Å². The van der Waals surface area contributed by atoms with Crippen LogP contribution >= 0.6 is 0 Å². The fraction of sp³-hybridized carbons (Fsp3) is 0.403. The number of aryl methyl sites for hydroxylation is 2. The maximum atomic E-state index is 13.1. The molecule has 3 fully saturated rings. The monoisotopic (exact) mass is 1260 g/mol. The minimum absolute atomic E-state index is 0.154. The first kappa shape index (κ1) is 63.1. The Hall–Kier alpha value is -9.04. The predicted octanol–water partition coefficient (Wildman–Crippen LogP) is 11.8. The summed E-state index contributed by atoms with van der Waals surface area (Å²) in [6.07, 6.45) is 3.61. The SMILES string of the molecule is Cc1cc(N2CCc3c(nc(O[C@H](C)[C@H]4CCCN4C(=O)OC(C)(C)C)nc3N3CCN(C(=O)OCc4ccccc4)CC3)C2)c2ccccc2c1.Cc1cc(N2CCc3c(nc(S(C)=O)nc3N3CCN(C(=O)OCc4ccccc4)CC3)C2)c2ccccc2c1. The Bertz CT molecular complexity index is 3990. The van der Waals surface area contributed by atoms with Crippen LogP contribution in [0.15, 0.2) is 139 Å². The predicted molar refractivity (Wildman–Crippen MR) is 360 cm³/mol. The third-order valence-corrected chi connectivity index (χ3v) is 18.5. The molecule has 0 radical (unpaired) electrons. The van der Waals surface area contributed by atoms with Gasteiger partial charge in [-0.3, -0.25) is 4.21 Å². The number of fused-ring (bicyclic) bond motifs is 4. The highest BCUT2D eigenvalue weighted by atomic mass is 32.2. The van der Waals surface area contributed by atoms with Crippen LogP contribution < -0.4 is 24.3 Å². The molecule has 6 aromatic carbocycles. The van der Waals surface area contributed by atoms with Gasteiger partial charge in [0.2, 0.25) is 5.16 Å². The van der Waals surface area contributed by atoms with Gasteiger partial charge in [0.05, 0.1) is 41.3 Å². The zero-order valence-electron chi connectivity index (χ0n) is 53.9. The number of amides is 3. The molecule has 0 N–H and O–H groups in total.